The predicted octanol–water partition coefficient (Wildman–Crippen LogP) is 1.06. The summed E-state index contributed by atoms with van der Waals surface area (Å²) in [5.74, 6) is 0.530. The minimum atomic E-state index is -0.281. The molecule has 0 radical (unpaired) electrons. The van der Waals surface area contributed by atoms with Gasteiger partial charge in [0.1, 0.15) is 6.54 Å². The summed E-state index contributed by atoms with van der Waals surface area (Å²) in [5, 5.41) is 10.9. The Labute approximate surface area is 72.8 Å². The van der Waals surface area contributed by atoms with E-state index in [4.69, 9.17) is 5.26 Å². The molecule has 0 saturated heterocycles. The lowest BCUT2D eigenvalue weighted by Crippen LogP contribution is -2.38. The van der Waals surface area contributed by atoms with Crippen molar-refractivity contribution in [2.24, 2.45) is 11.3 Å². The normalized spacial score (nSPS) is 16.8. The number of nitrogens with one attached hydrogen (secondary N) is 1. The molecular weight excluding hydrogens is 152 g/mol. The third kappa shape index (κ3) is 1.76. The largest absolute Gasteiger partial charge is 0.343 e. The molecule has 66 valence electrons. The van der Waals surface area contributed by atoms with Crippen molar-refractivity contribution in [3.8, 4) is 6.07 Å². The summed E-state index contributed by atoms with van der Waals surface area (Å²) in [7, 11) is 0. The average molecular weight is 166 g/mol. The minimum Gasteiger partial charge on any atom is -0.343 e. The number of rotatable bonds is 3. The van der Waals surface area contributed by atoms with Crippen molar-refractivity contribution < 1.29 is 4.79 Å². The lowest BCUT2D eigenvalue weighted by molar-refractivity contribution is -0.130. The smallest absolute Gasteiger partial charge is 0.226 e. The average Bonchev–Trinajstić information content (AvgIpc) is 2.81. The fourth-order valence-electron chi connectivity index (χ4n) is 1.34. The van der Waals surface area contributed by atoms with E-state index in [1.165, 1.54) is 0 Å². The van der Waals surface area contributed by atoms with Gasteiger partial charge in [-0.1, -0.05) is 13.8 Å². The van der Waals surface area contributed by atoms with Gasteiger partial charge in [-0.05, 0) is 18.8 Å². The van der Waals surface area contributed by atoms with Crippen LogP contribution in [0.25, 0.3) is 0 Å². The Hall–Kier alpha value is -1.04. The molecule has 12 heavy (non-hydrogen) atoms. The first-order chi connectivity index (χ1) is 5.59. The second-order valence-electron chi connectivity index (χ2n) is 3.84. The molecule has 3 heteroatoms. The van der Waals surface area contributed by atoms with Gasteiger partial charge in [0.2, 0.25) is 5.91 Å². The topological polar surface area (TPSA) is 52.9 Å². The molecule has 0 spiro atoms. The number of nitrogens with zero attached hydrogens (tertiary/aromatic N) is 1. The maximum atomic E-state index is 11.4. The number of hydrogen-bond donors (Lipinski definition) is 1. The van der Waals surface area contributed by atoms with Gasteiger partial charge in [0.25, 0.3) is 0 Å². The van der Waals surface area contributed by atoms with Crippen molar-refractivity contribution in [1.29, 1.82) is 5.26 Å². The summed E-state index contributed by atoms with van der Waals surface area (Å²) in [6, 6.07) is 1.90. The van der Waals surface area contributed by atoms with Crippen LogP contribution in [0.1, 0.15) is 26.7 Å². The van der Waals surface area contributed by atoms with Crippen molar-refractivity contribution >= 4 is 5.91 Å². The fraction of sp³-hybridized carbons (Fsp3) is 0.778. The summed E-state index contributed by atoms with van der Waals surface area (Å²) in [6.45, 7) is 4.00. The summed E-state index contributed by atoms with van der Waals surface area (Å²) < 4.78 is 0. The van der Waals surface area contributed by atoms with E-state index in [2.05, 4.69) is 5.32 Å². The fourth-order valence-corrected chi connectivity index (χ4v) is 1.34. The molecule has 0 aromatic carbocycles. The molecule has 1 aliphatic rings. The van der Waals surface area contributed by atoms with E-state index in [1.54, 1.807) is 0 Å². The molecule has 1 amide bonds. The van der Waals surface area contributed by atoms with Crippen LogP contribution in [0.4, 0.5) is 0 Å². The molecule has 0 bridgehead atoms. The van der Waals surface area contributed by atoms with Gasteiger partial charge in [-0.3, -0.25) is 4.79 Å². The third-order valence-electron chi connectivity index (χ3n) is 2.51. The molecule has 1 rings (SSSR count). The summed E-state index contributed by atoms with van der Waals surface area (Å²) in [4.78, 5) is 11.4. The lowest BCUT2D eigenvalue weighted by atomic mass is 9.86. The van der Waals surface area contributed by atoms with Crippen molar-refractivity contribution in [2.75, 3.05) is 6.54 Å². The second kappa shape index (κ2) is 3.14. The van der Waals surface area contributed by atoms with E-state index in [0.29, 0.717) is 5.92 Å². The Bertz CT molecular complexity index is 223. The SMILES string of the molecule is CC(C)(C(=O)NCC#N)C1CC1. The zero-order valence-corrected chi connectivity index (χ0v) is 7.55. The summed E-state index contributed by atoms with van der Waals surface area (Å²) in [5.41, 5.74) is -0.281. The zero-order valence-electron chi connectivity index (χ0n) is 7.55. The van der Waals surface area contributed by atoms with Crippen LogP contribution in [0.3, 0.4) is 0 Å². The highest BCUT2D eigenvalue weighted by molar-refractivity contribution is 5.82. The Morgan fingerprint density at radius 1 is 1.67 bits per heavy atom. The van der Waals surface area contributed by atoms with Crippen molar-refractivity contribution in [3.63, 3.8) is 0 Å². The van der Waals surface area contributed by atoms with Gasteiger partial charge in [0.15, 0.2) is 0 Å². The number of carbonyl (C=O) groups is 1. The Morgan fingerprint density at radius 2 is 2.25 bits per heavy atom. The van der Waals surface area contributed by atoms with Crippen LogP contribution in [0.2, 0.25) is 0 Å². The van der Waals surface area contributed by atoms with E-state index in [0.717, 1.165) is 12.8 Å². The predicted molar refractivity (Wildman–Crippen MR) is 45.1 cm³/mol. The first-order valence-electron chi connectivity index (χ1n) is 4.24. The van der Waals surface area contributed by atoms with E-state index in [1.807, 2.05) is 19.9 Å². The number of amides is 1. The number of carbonyl (C=O) groups excluding carboxylic acids is 1. The minimum absolute atomic E-state index is 0.00606. The van der Waals surface area contributed by atoms with Gasteiger partial charge in [-0.2, -0.15) is 5.26 Å². The van der Waals surface area contributed by atoms with Gasteiger partial charge in [0.05, 0.1) is 6.07 Å². The van der Waals surface area contributed by atoms with Gasteiger partial charge in [-0.15, -0.1) is 0 Å². The molecule has 0 atom stereocenters. The maximum absolute atomic E-state index is 11.4. The van der Waals surface area contributed by atoms with Crippen molar-refractivity contribution in [2.45, 2.75) is 26.7 Å². The Kier molecular flexibility index (Phi) is 2.37. The third-order valence-corrected chi connectivity index (χ3v) is 2.51. The van der Waals surface area contributed by atoms with Gasteiger partial charge < -0.3 is 5.32 Å². The van der Waals surface area contributed by atoms with Crippen molar-refractivity contribution in [1.82, 2.24) is 5.32 Å². The van der Waals surface area contributed by atoms with Crippen LogP contribution in [-0.2, 0) is 4.79 Å². The van der Waals surface area contributed by atoms with Crippen LogP contribution in [0.15, 0.2) is 0 Å². The molecule has 0 aromatic heterocycles. The Balaban J connectivity index is 2.44. The molecular formula is C9H14N2O. The molecule has 1 aliphatic carbocycles. The summed E-state index contributed by atoms with van der Waals surface area (Å²) in [6.07, 6.45) is 2.29. The molecule has 0 heterocycles. The van der Waals surface area contributed by atoms with E-state index in [-0.39, 0.29) is 17.9 Å². The molecule has 1 N–H and O–H groups in total. The quantitative estimate of drug-likeness (QED) is 0.637. The highest BCUT2D eigenvalue weighted by atomic mass is 16.2. The first-order valence-corrected chi connectivity index (χ1v) is 4.24. The molecule has 3 nitrogen and oxygen atoms in total. The molecule has 0 aromatic rings. The highest BCUT2D eigenvalue weighted by Gasteiger charge is 2.42. The van der Waals surface area contributed by atoms with Gasteiger partial charge in [0, 0.05) is 5.41 Å². The molecule has 0 aliphatic heterocycles. The second-order valence-corrected chi connectivity index (χ2v) is 3.84. The monoisotopic (exact) mass is 166 g/mol. The molecule has 0 unspecified atom stereocenters. The van der Waals surface area contributed by atoms with Gasteiger partial charge in [-0.25, -0.2) is 0 Å². The van der Waals surface area contributed by atoms with Crippen LogP contribution in [0.5, 0.6) is 0 Å². The van der Waals surface area contributed by atoms with E-state index in [9.17, 15) is 4.79 Å². The first kappa shape index (κ1) is 9.05. The van der Waals surface area contributed by atoms with Crippen LogP contribution in [0, 0.1) is 22.7 Å². The Morgan fingerprint density at radius 3 is 2.67 bits per heavy atom. The number of hydrogen-bond acceptors (Lipinski definition) is 2. The lowest BCUT2D eigenvalue weighted by Gasteiger charge is -2.21. The highest BCUT2D eigenvalue weighted by Crippen LogP contribution is 2.45. The van der Waals surface area contributed by atoms with Crippen LogP contribution in [-0.4, -0.2) is 12.5 Å². The molecule has 1 saturated carbocycles. The zero-order chi connectivity index (χ0) is 9.19. The van der Waals surface area contributed by atoms with Crippen LogP contribution < -0.4 is 5.32 Å². The summed E-state index contributed by atoms with van der Waals surface area (Å²) >= 11 is 0. The number of nitriles is 1. The molecule has 1 fully saturated rings. The maximum Gasteiger partial charge on any atom is 0.226 e. The van der Waals surface area contributed by atoms with Gasteiger partial charge >= 0.3 is 0 Å². The van der Waals surface area contributed by atoms with Crippen LogP contribution >= 0.6 is 0 Å². The van der Waals surface area contributed by atoms with E-state index >= 15 is 0 Å². The van der Waals surface area contributed by atoms with Crippen molar-refractivity contribution in [3.05, 3.63) is 0 Å². The standard InChI is InChI=1S/C9H14N2O/c1-9(2,7-3-4-7)8(12)11-6-5-10/h7H,3-4,6H2,1-2H3,(H,11,12). The van der Waals surface area contributed by atoms with E-state index < -0.39 is 0 Å².